The Hall–Kier alpha value is -0.426. The van der Waals surface area contributed by atoms with Crippen molar-refractivity contribution in [1.29, 1.82) is 0 Å². The predicted molar refractivity (Wildman–Crippen MR) is 176 cm³/mol. The minimum Gasteiger partial charge on any atom is -0.410 e. The maximum absolute atomic E-state index is 7.06. The second kappa shape index (κ2) is 12.1. The van der Waals surface area contributed by atoms with E-state index in [0.717, 1.165) is 42.4 Å². The highest BCUT2D eigenvalue weighted by Crippen LogP contribution is 2.54. The second-order valence-corrected chi connectivity index (χ2v) is 26.1. The fourth-order valence-corrected chi connectivity index (χ4v) is 9.54. The zero-order chi connectivity index (χ0) is 29.6. The number of hydrogen-bond acceptors (Lipinski definition) is 2. The fraction of sp³-hybridized carbons (Fsp3) is 0.829. The molecule has 0 saturated heterocycles. The Morgan fingerprint density at radius 3 is 1.85 bits per heavy atom. The maximum atomic E-state index is 7.06. The van der Waals surface area contributed by atoms with Gasteiger partial charge in [-0.1, -0.05) is 98.6 Å². The van der Waals surface area contributed by atoms with E-state index < -0.39 is 16.6 Å². The van der Waals surface area contributed by atoms with Gasteiger partial charge < -0.3 is 8.85 Å². The van der Waals surface area contributed by atoms with Crippen LogP contribution in [0.4, 0.5) is 0 Å². The maximum Gasteiger partial charge on any atom is 0.192 e. The first-order valence-corrected chi connectivity index (χ1v) is 22.0. The highest BCUT2D eigenvalue weighted by atomic mass is 28.4. The van der Waals surface area contributed by atoms with Crippen molar-refractivity contribution in [3.05, 3.63) is 35.5 Å². The van der Waals surface area contributed by atoms with Crippen molar-refractivity contribution in [3.63, 3.8) is 0 Å². The van der Waals surface area contributed by atoms with Gasteiger partial charge in [0.15, 0.2) is 16.6 Å². The molecule has 0 heterocycles. The van der Waals surface area contributed by atoms with Crippen molar-refractivity contribution in [2.45, 2.75) is 156 Å². The van der Waals surface area contributed by atoms with Crippen LogP contribution in [0.25, 0.3) is 0 Å². The van der Waals surface area contributed by atoms with Gasteiger partial charge in [0, 0.05) is 0 Å². The van der Waals surface area contributed by atoms with Crippen LogP contribution >= 0.6 is 0 Å². The fourth-order valence-electron chi connectivity index (χ4n) is 6.94. The van der Waals surface area contributed by atoms with Crippen LogP contribution in [0.2, 0.25) is 36.3 Å². The second-order valence-electron chi connectivity index (χ2n) is 16.6. The SMILES string of the molecule is C=C1[C@H](O[Si](C)(C)C(C)(C)C)CC(=CC=C2CC[C@@H](C)C3[C@H]2CC[C@@H]3[C@@H](C)CC)C[C@H]1O[Si](C)(C)C(C)(C)C. The van der Waals surface area contributed by atoms with Crippen LogP contribution in [0.15, 0.2) is 35.5 Å². The van der Waals surface area contributed by atoms with Crippen LogP contribution in [-0.2, 0) is 8.85 Å². The standard InChI is InChI=1S/C35H64O2Si2/c1-15-24(2)29-20-21-30-28(18-16-25(3)33(29)30)19-17-27-22-31(36-38(11,12)34(5,6)7)26(4)32(23-27)37-39(13,14)35(8,9)10/h17,19,24-25,29-33H,4,15-16,18,20-23H2,1-3,5-14H3/t24-,25+,29+,30-,31+,32+,33?/m0/s1. The van der Waals surface area contributed by atoms with Crippen LogP contribution in [0.3, 0.4) is 0 Å². The molecule has 2 nitrogen and oxygen atoms in total. The summed E-state index contributed by atoms with van der Waals surface area (Å²) in [4.78, 5) is 0. The summed E-state index contributed by atoms with van der Waals surface area (Å²) in [6.45, 7) is 35.6. The van der Waals surface area contributed by atoms with Gasteiger partial charge in [-0.3, -0.25) is 0 Å². The van der Waals surface area contributed by atoms with Crippen LogP contribution in [0.1, 0.15) is 107 Å². The van der Waals surface area contributed by atoms with E-state index in [2.05, 4.69) is 107 Å². The smallest absolute Gasteiger partial charge is 0.192 e. The number of hydrogen-bond donors (Lipinski definition) is 0. The summed E-state index contributed by atoms with van der Waals surface area (Å²) in [5.74, 6) is 4.31. The molecular weight excluding hydrogens is 509 g/mol. The third-order valence-electron chi connectivity index (χ3n) is 11.9. The van der Waals surface area contributed by atoms with Crippen molar-refractivity contribution >= 4 is 16.6 Å². The van der Waals surface area contributed by atoms with Crippen LogP contribution < -0.4 is 0 Å². The lowest BCUT2D eigenvalue weighted by Crippen LogP contribution is -2.49. The molecule has 0 aromatic heterocycles. The molecule has 0 bridgehead atoms. The molecule has 3 aliphatic rings. The molecule has 0 aromatic carbocycles. The minimum atomic E-state index is -1.94. The van der Waals surface area contributed by atoms with Crippen molar-refractivity contribution in [1.82, 2.24) is 0 Å². The van der Waals surface area contributed by atoms with E-state index in [1.807, 2.05) is 0 Å². The highest BCUT2D eigenvalue weighted by molar-refractivity contribution is 6.74. The third kappa shape index (κ3) is 7.32. The summed E-state index contributed by atoms with van der Waals surface area (Å²) in [6, 6.07) is 0. The third-order valence-corrected chi connectivity index (χ3v) is 20.9. The molecule has 224 valence electrons. The van der Waals surface area contributed by atoms with Gasteiger partial charge in [-0.25, -0.2) is 0 Å². The lowest BCUT2D eigenvalue weighted by atomic mass is 9.66. The molecule has 3 fully saturated rings. The van der Waals surface area contributed by atoms with Gasteiger partial charge in [0.2, 0.25) is 0 Å². The Kier molecular flexibility index (Phi) is 10.2. The molecule has 0 N–H and O–H groups in total. The van der Waals surface area contributed by atoms with E-state index in [0.29, 0.717) is 0 Å². The molecule has 0 aliphatic heterocycles. The summed E-state index contributed by atoms with van der Waals surface area (Å²) in [5, 5.41) is 0.351. The average Bonchev–Trinajstić information content (AvgIpc) is 3.25. The molecule has 0 aromatic rings. The summed E-state index contributed by atoms with van der Waals surface area (Å²) in [5.41, 5.74) is 4.40. The Labute approximate surface area is 245 Å². The van der Waals surface area contributed by atoms with E-state index in [1.165, 1.54) is 43.3 Å². The van der Waals surface area contributed by atoms with Crippen molar-refractivity contribution in [3.8, 4) is 0 Å². The predicted octanol–water partition coefficient (Wildman–Crippen LogP) is 11.1. The molecular formula is C35H64O2Si2. The van der Waals surface area contributed by atoms with E-state index >= 15 is 0 Å². The summed E-state index contributed by atoms with van der Waals surface area (Å²) >= 11 is 0. The van der Waals surface area contributed by atoms with Gasteiger partial charge in [0.25, 0.3) is 0 Å². The number of rotatable bonds is 7. The van der Waals surface area contributed by atoms with Gasteiger partial charge >= 0.3 is 0 Å². The highest BCUT2D eigenvalue weighted by Gasteiger charge is 2.46. The average molecular weight is 573 g/mol. The summed E-state index contributed by atoms with van der Waals surface area (Å²) in [7, 11) is -3.88. The van der Waals surface area contributed by atoms with E-state index in [4.69, 9.17) is 8.85 Å². The van der Waals surface area contributed by atoms with Crippen molar-refractivity contribution in [2.75, 3.05) is 0 Å². The number of allylic oxidation sites excluding steroid dienone is 3. The molecule has 1 unspecified atom stereocenters. The van der Waals surface area contributed by atoms with E-state index in [-0.39, 0.29) is 22.3 Å². The first kappa shape index (κ1) is 33.1. The largest absolute Gasteiger partial charge is 0.410 e. The molecule has 0 spiro atoms. The lowest BCUT2D eigenvalue weighted by Gasteiger charge is -2.46. The monoisotopic (exact) mass is 572 g/mol. The van der Waals surface area contributed by atoms with Gasteiger partial charge in [0.05, 0.1) is 12.2 Å². The zero-order valence-electron chi connectivity index (χ0n) is 28.2. The van der Waals surface area contributed by atoms with Crippen molar-refractivity contribution < 1.29 is 8.85 Å². The van der Waals surface area contributed by atoms with Gasteiger partial charge in [-0.05, 0) is 110 Å². The van der Waals surface area contributed by atoms with Crippen LogP contribution in [0.5, 0.6) is 0 Å². The molecule has 0 radical (unpaired) electrons. The molecule has 7 atom stereocenters. The van der Waals surface area contributed by atoms with Crippen molar-refractivity contribution in [2.24, 2.45) is 29.6 Å². The van der Waals surface area contributed by atoms with Crippen LogP contribution in [0, 0.1) is 29.6 Å². The quantitative estimate of drug-likeness (QED) is 0.223. The molecule has 4 heteroatoms. The normalized spacial score (nSPS) is 32.9. The summed E-state index contributed by atoms with van der Waals surface area (Å²) in [6.07, 6.45) is 13.9. The summed E-state index contributed by atoms with van der Waals surface area (Å²) < 4.78 is 14.1. The Bertz CT molecular complexity index is 887. The van der Waals surface area contributed by atoms with Gasteiger partial charge in [0.1, 0.15) is 0 Å². The lowest BCUT2D eigenvalue weighted by molar-refractivity contribution is 0.132. The molecule has 0 amide bonds. The first-order chi connectivity index (χ1) is 17.8. The van der Waals surface area contributed by atoms with Gasteiger partial charge in [-0.2, -0.15) is 0 Å². The zero-order valence-corrected chi connectivity index (χ0v) is 30.2. The van der Waals surface area contributed by atoms with E-state index in [1.54, 1.807) is 5.57 Å². The topological polar surface area (TPSA) is 18.5 Å². The van der Waals surface area contributed by atoms with E-state index in [9.17, 15) is 0 Å². The van der Waals surface area contributed by atoms with Crippen LogP contribution in [-0.4, -0.2) is 28.8 Å². The molecule has 3 aliphatic carbocycles. The molecule has 3 rings (SSSR count). The minimum absolute atomic E-state index is 0.0550. The number of fused-ring (bicyclic) bond motifs is 1. The van der Waals surface area contributed by atoms with Gasteiger partial charge in [-0.15, -0.1) is 0 Å². The first-order valence-electron chi connectivity index (χ1n) is 16.2. The molecule has 39 heavy (non-hydrogen) atoms. The Morgan fingerprint density at radius 2 is 1.38 bits per heavy atom. The Morgan fingerprint density at radius 1 is 0.872 bits per heavy atom. The molecule has 3 saturated carbocycles. The Balaban J connectivity index is 1.90.